The minimum absolute atomic E-state index is 0.195. The highest BCUT2D eigenvalue weighted by molar-refractivity contribution is 5.68. The second kappa shape index (κ2) is 9.80. The molecule has 1 amide bonds. The summed E-state index contributed by atoms with van der Waals surface area (Å²) in [6.07, 6.45) is -0.718. The quantitative estimate of drug-likeness (QED) is 0.444. The van der Waals surface area contributed by atoms with Crippen LogP contribution in [0.25, 0.3) is 10.4 Å². The number of hydrogen-bond acceptors (Lipinski definition) is 4. The van der Waals surface area contributed by atoms with E-state index in [1.807, 2.05) is 58.0 Å². The van der Waals surface area contributed by atoms with Gasteiger partial charge >= 0.3 is 6.09 Å². The molecule has 2 atom stereocenters. The van der Waals surface area contributed by atoms with E-state index < -0.39 is 23.8 Å². The Morgan fingerprint density at radius 3 is 2.54 bits per heavy atom. The van der Waals surface area contributed by atoms with E-state index in [2.05, 4.69) is 15.3 Å². The van der Waals surface area contributed by atoms with E-state index in [1.165, 1.54) is 0 Å². The standard InChI is InChI=1S/C17H26N4O3/c1-5-23-12-14(20-21-18)15(11-13-9-7-6-8-10-13)24-16(22)19-17(2,3)4/h6-10,14-15H,5,11-12H2,1-4H3,(H,19,22)/t14-,15+/m1/s1. The Morgan fingerprint density at radius 2 is 2.00 bits per heavy atom. The van der Waals surface area contributed by atoms with Crippen LogP contribution >= 0.6 is 0 Å². The summed E-state index contributed by atoms with van der Waals surface area (Å²) in [5, 5.41) is 6.51. The van der Waals surface area contributed by atoms with Gasteiger partial charge in [-0.25, -0.2) is 4.79 Å². The molecule has 1 rings (SSSR count). The second-order valence-corrected chi connectivity index (χ2v) is 6.44. The van der Waals surface area contributed by atoms with E-state index in [1.54, 1.807) is 0 Å². The second-order valence-electron chi connectivity index (χ2n) is 6.44. The summed E-state index contributed by atoms with van der Waals surface area (Å²) in [6, 6.07) is 9.01. The van der Waals surface area contributed by atoms with Gasteiger partial charge in [0.05, 0.1) is 12.6 Å². The lowest BCUT2D eigenvalue weighted by molar-refractivity contribution is 0.0436. The highest BCUT2D eigenvalue weighted by atomic mass is 16.6. The Labute approximate surface area is 143 Å². The predicted molar refractivity (Wildman–Crippen MR) is 92.7 cm³/mol. The molecular formula is C17H26N4O3. The van der Waals surface area contributed by atoms with Crippen molar-refractivity contribution in [2.75, 3.05) is 13.2 Å². The average molecular weight is 334 g/mol. The van der Waals surface area contributed by atoms with E-state index in [4.69, 9.17) is 15.0 Å². The third-order valence-electron chi connectivity index (χ3n) is 3.14. The summed E-state index contributed by atoms with van der Waals surface area (Å²) in [5.41, 5.74) is 9.39. The molecule has 0 unspecified atom stereocenters. The molecule has 1 aromatic rings. The van der Waals surface area contributed by atoms with Gasteiger partial charge in [0.2, 0.25) is 0 Å². The molecule has 0 bridgehead atoms. The van der Waals surface area contributed by atoms with Crippen molar-refractivity contribution in [3.05, 3.63) is 46.3 Å². The fourth-order valence-corrected chi connectivity index (χ4v) is 2.10. The number of rotatable bonds is 8. The Bertz CT molecular complexity index is 551. The van der Waals surface area contributed by atoms with E-state index in [0.29, 0.717) is 13.0 Å². The molecule has 24 heavy (non-hydrogen) atoms. The van der Waals surface area contributed by atoms with Gasteiger partial charge in [0.15, 0.2) is 0 Å². The highest BCUT2D eigenvalue weighted by Gasteiger charge is 2.26. The van der Waals surface area contributed by atoms with Crippen molar-refractivity contribution >= 4 is 6.09 Å². The summed E-state index contributed by atoms with van der Waals surface area (Å²) in [6.45, 7) is 8.14. The van der Waals surface area contributed by atoms with E-state index in [0.717, 1.165) is 5.56 Å². The molecule has 0 heterocycles. The van der Waals surface area contributed by atoms with Crippen LogP contribution in [-0.2, 0) is 15.9 Å². The van der Waals surface area contributed by atoms with Crippen LogP contribution in [0.5, 0.6) is 0 Å². The smallest absolute Gasteiger partial charge is 0.407 e. The van der Waals surface area contributed by atoms with Crippen LogP contribution in [0.3, 0.4) is 0 Å². The first-order valence-corrected chi connectivity index (χ1v) is 8.00. The molecule has 1 aromatic carbocycles. The molecule has 132 valence electrons. The van der Waals surface area contributed by atoms with Gasteiger partial charge in [-0.05, 0) is 38.8 Å². The van der Waals surface area contributed by atoms with Crippen molar-refractivity contribution in [3.8, 4) is 0 Å². The summed E-state index contributed by atoms with van der Waals surface area (Å²) < 4.78 is 10.9. The third-order valence-corrected chi connectivity index (χ3v) is 3.14. The number of carbonyl (C=O) groups is 1. The number of benzene rings is 1. The summed E-state index contributed by atoms with van der Waals surface area (Å²) in [4.78, 5) is 15.0. The average Bonchev–Trinajstić information content (AvgIpc) is 2.50. The monoisotopic (exact) mass is 334 g/mol. The van der Waals surface area contributed by atoms with Crippen molar-refractivity contribution < 1.29 is 14.3 Å². The number of nitrogens with zero attached hydrogens (tertiary/aromatic N) is 3. The molecular weight excluding hydrogens is 308 g/mol. The Balaban J connectivity index is 2.91. The first-order valence-electron chi connectivity index (χ1n) is 8.00. The maximum atomic E-state index is 12.1. The maximum Gasteiger partial charge on any atom is 0.407 e. The summed E-state index contributed by atoms with van der Waals surface area (Å²) in [5.74, 6) is 0. The zero-order valence-electron chi connectivity index (χ0n) is 14.7. The number of hydrogen-bond donors (Lipinski definition) is 1. The topological polar surface area (TPSA) is 96.3 Å². The molecule has 0 saturated carbocycles. The lowest BCUT2D eigenvalue weighted by atomic mass is 10.0. The van der Waals surface area contributed by atoms with Gasteiger partial charge in [-0.2, -0.15) is 0 Å². The van der Waals surface area contributed by atoms with Gasteiger partial charge < -0.3 is 14.8 Å². The lowest BCUT2D eigenvalue weighted by Crippen LogP contribution is -2.45. The van der Waals surface area contributed by atoms with Gasteiger partial charge in [0, 0.05) is 23.5 Å². The molecule has 0 aromatic heterocycles. The molecule has 0 aliphatic heterocycles. The van der Waals surface area contributed by atoms with Crippen LogP contribution in [0.2, 0.25) is 0 Å². The van der Waals surface area contributed by atoms with Crippen molar-refractivity contribution in [2.45, 2.75) is 51.8 Å². The Kier molecular flexibility index (Phi) is 8.09. The van der Waals surface area contributed by atoms with Gasteiger partial charge in [0.25, 0.3) is 0 Å². The summed E-state index contributed by atoms with van der Waals surface area (Å²) in [7, 11) is 0. The van der Waals surface area contributed by atoms with Crippen LogP contribution in [0.15, 0.2) is 35.4 Å². The largest absolute Gasteiger partial charge is 0.445 e. The molecule has 0 saturated heterocycles. The van der Waals surface area contributed by atoms with E-state index in [-0.39, 0.29) is 6.61 Å². The fourth-order valence-electron chi connectivity index (χ4n) is 2.10. The number of carbonyl (C=O) groups excluding carboxylic acids is 1. The number of amides is 1. The summed E-state index contributed by atoms with van der Waals surface area (Å²) >= 11 is 0. The molecule has 0 spiro atoms. The third kappa shape index (κ3) is 7.85. The zero-order valence-corrected chi connectivity index (χ0v) is 14.7. The number of nitrogens with one attached hydrogen (secondary N) is 1. The van der Waals surface area contributed by atoms with Crippen molar-refractivity contribution in [3.63, 3.8) is 0 Å². The van der Waals surface area contributed by atoms with Crippen LogP contribution in [0.4, 0.5) is 4.79 Å². The van der Waals surface area contributed by atoms with Crippen molar-refractivity contribution in [2.24, 2.45) is 5.11 Å². The lowest BCUT2D eigenvalue weighted by Gasteiger charge is -2.27. The molecule has 0 fully saturated rings. The molecule has 0 radical (unpaired) electrons. The van der Waals surface area contributed by atoms with Crippen LogP contribution in [0.1, 0.15) is 33.3 Å². The van der Waals surface area contributed by atoms with Crippen LogP contribution < -0.4 is 5.32 Å². The molecule has 7 heteroatoms. The Hall–Kier alpha value is -2.24. The molecule has 7 nitrogen and oxygen atoms in total. The fraction of sp³-hybridized carbons (Fsp3) is 0.588. The van der Waals surface area contributed by atoms with Crippen molar-refractivity contribution in [1.29, 1.82) is 0 Å². The minimum atomic E-state index is -0.614. The van der Waals surface area contributed by atoms with Gasteiger partial charge in [0.1, 0.15) is 6.10 Å². The molecule has 0 aliphatic carbocycles. The Morgan fingerprint density at radius 1 is 1.33 bits per heavy atom. The molecule has 0 aliphatic rings. The van der Waals surface area contributed by atoms with Crippen molar-refractivity contribution in [1.82, 2.24) is 5.32 Å². The first-order chi connectivity index (χ1) is 11.4. The molecule has 1 N–H and O–H groups in total. The SMILES string of the molecule is CCOC[C@@H](N=[N+]=[N-])[C@H](Cc1ccccc1)OC(=O)NC(C)(C)C. The van der Waals surface area contributed by atoms with E-state index in [9.17, 15) is 4.79 Å². The zero-order chi connectivity index (χ0) is 18.0. The van der Waals surface area contributed by atoms with Crippen LogP contribution in [0, 0.1) is 0 Å². The number of ether oxygens (including phenoxy) is 2. The maximum absolute atomic E-state index is 12.1. The van der Waals surface area contributed by atoms with Gasteiger partial charge in [-0.1, -0.05) is 35.4 Å². The number of alkyl carbamates (subject to hydrolysis) is 1. The van der Waals surface area contributed by atoms with Gasteiger partial charge in [-0.3, -0.25) is 0 Å². The van der Waals surface area contributed by atoms with Gasteiger partial charge in [-0.15, -0.1) is 0 Å². The highest BCUT2D eigenvalue weighted by Crippen LogP contribution is 2.14. The number of azide groups is 1. The normalized spacial score (nSPS) is 13.5. The van der Waals surface area contributed by atoms with Crippen LogP contribution in [-0.4, -0.2) is 37.0 Å². The van der Waals surface area contributed by atoms with E-state index >= 15 is 0 Å². The predicted octanol–water partition coefficient (Wildman–Crippen LogP) is 3.84. The minimum Gasteiger partial charge on any atom is -0.445 e. The first kappa shape index (κ1) is 19.8.